The number of morpholine rings is 1. The number of aliphatic hydroxyl groups excluding tert-OH is 1. The van der Waals surface area contributed by atoms with Crippen molar-refractivity contribution in [3.8, 4) is 0 Å². The lowest BCUT2D eigenvalue weighted by Gasteiger charge is -2.42. The summed E-state index contributed by atoms with van der Waals surface area (Å²) in [6, 6.07) is 7.66. The van der Waals surface area contributed by atoms with E-state index in [1.165, 1.54) is 0 Å². The highest BCUT2D eigenvalue weighted by atomic mass is 79.9. The van der Waals surface area contributed by atoms with Crippen molar-refractivity contribution < 1.29 is 14.6 Å². The molecule has 0 bridgehead atoms. The first-order valence-electron chi connectivity index (χ1n) is 5.99. The van der Waals surface area contributed by atoms with Gasteiger partial charge in [-0.1, -0.05) is 28.1 Å². The Hall–Kier alpha value is -0.910. The maximum atomic E-state index is 11.7. The third kappa shape index (κ3) is 1.86. The highest BCUT2D eigenvalue weighted by molar-refractivity contribution is 9.10. The Labute approximate surface area is 113 Å². The molecule has 2 aliphatic rings. The Balaban J connectivity index is 2.07. The summed E-state index contributed by atoms with van der Waals surface area (Å²) in [5.41, 5.74) is 0.0963. The van der Waals surface area contributed by atoms with Gasteiger partial charge in [0.25, 0.3) is 0 Å². The molecule has 2 fully saturated rings. The van der Waals surface area contributed by atoms with Crippen LogP contribution in [0.15, 0.2) is 28.7 Å². The zero-order valence-corrected chi connectivity index (χ0v) is 11.3. The second-order valence-corrected chi connectivity index (χ2v) is 5.78. The highest BCUT2D eigenvalue weighted by Gasteiger charge is 2.55. The molecule has 2 unspecified atom stereocenters. The third-order valence-electron chi connectivity index (χ3n) is 3.63. The normalized spacial score (nSPS) is 32.1. The van der Waals surface area contributed by atoms with Crippen LogP contribution in [0.1, 0.15) is 18.4 Å². The minimum absolute atomic E-state index is 0.0797. The lowest BCUT2D eigenvalue weighted by molar-refractivity contribution is -0.194. The number of hydrogen-bond donors (Lipinski definition) is 2. The van der Waals surface area contributed by atoms with Crippen LogP contribution in [0.5, 0.6) is 0 Å². The number of hydrogen-bond acceptors (Lipinski definition) is 3. The monoisotopic (exact) mass is 311 g/mol. The summed E-state index contributed by atoms with van der Waals surface area (Å²) in [6.07, 6.45) is 0.998. The summed E-state index contributed by atoms with van der Waals surface area (Å²) < 4.78 is 6.15. The molecule has 96 valence electrons. The Morgan fingerprint density at radius 2 is 2.22 bits per heavy atom. The average Bonchev–Trinajstić information content (AvgIpc) is 3.17. The minimum atomic E-state index is -0.989. The smallest absolute Gasteiger partial charge is 0.247 e. The molecule has 18 heavy (non-hydrogen) atoms. The average molecular weight is 312 g/mol. The number of aliphatic hydroxyl groups is 1. The summed E-state index contributed by atoms with van der Waals surface area (Å²) in [4.78, 5) is 11.7. The quantitative estimate of drug-likeness (QED) is 0.870. The fraction of sp³-hybridized carbons (Fsp3) is 0.462. The molecule has 4 nitrogen and oxygen atoms in total. The maximum absolute atomic E-state index is 11.7. The second-order valence-electron chi connectivity index (χ2n) is 4.87. The van der Waals surface area contributed by atoms with Crippen LogP contribution in [0.4, 0.5) is 0 Å². The van der Waals surface area contributed by atoms with Gasteiger partial charge < -0.3 is 15.2 Å². The molecule has 0 aromatic heterocycles. The van der Waals surface area contributed by atoms with Crippen LogP contribution in [0.2, 0.25) is 0 Å². The largest absolute Gasteiger partial charge is 0.366 e. The molecule has 2 atom stereocenters. The van der Waals surface area contributed by atoms with E-state index in [0.29, 0.717) is 0 Å². The van der Waals surface area contributed by atoms with Gasteiger partial charge in [0.2, 0.25) is 5.91 Å². The molecular weight excluding hydrogens is 298 g/mol. The van der Waals surface area contributed by atoms with E-state index >= 15 is 0 Å². The van der Waals surface area contributed by atoms with Crippen molar-refractivity contribution in [1.29, 1.82) is 0 Å². The van der Waals surface area contributed by atoms with Crippen molar-refractivity contribution in [1.82, 2.24) is 5.32 Å². The fourth-order valence-corrected chi connectivity index (χ4v) is 3.05. The number of carbonyl (C=O) groups excluding carboxylic acids is 1. The first kappa shape index (κ1) is 12.1. The number of halogens is 1. The Morgan fingerprint density at radius 1 is 1.44 bits per heavy atom. The predicted molar refractivity (Wildman–Crippen MR) is 68.6 cm³/mol. The lowest BCUT2D eigenvalue weighted by Crippen LogP contribution is -2.61. The van der Waals surface area contributed by atoms with E-state index in [1.807, 2.05) is 24.3 Å². The molecule has 1 aliphatic heterocycles. The van der Waals surface area contributed by atoms with E-state index in [1.54, 1.807) is 0 Å². The van der Waals surface area contributed by atoms with Crippen LogP contribution >= 0.6 is 15.9 Å². The van der Waals surface area contributed by atoms with E-state index < -0.39 is 11.8 Å². The number of carbonyl (C=O) groups is 1. The van der Waals surface area contributed by atoms with Gasteiger partial charge in [-0.05, 0) is 36.5 Å². The molecule has 3 rings (SSSR count). The van der Waals surface area contributed by atoms with Gasteiger partial charge in [0.05, 0.1) is 0 Å². The molecule has 1 aliphatic carbocycles. The molecule has 1 aromatic rings. The molecule has 1 saturated heterocycles. The molecule has 1 aromatic carbocycles. The Kier molecular flexibility index (Phi) is 2.92. The first-order valence-corrected chi connectivity index (χ1v) is 6.79. The molecule has 1 heterocycles. The zero-order valence-electron chi connectivity index (χ0n) is 9.73. The van der Waals surface area contributed by atoms with Crippen LogP contribution in [0, 0.1) is 5.92 Å². The van der Waals surface area contributed by atoms with Gasteiger partial charge in [0.15, 0.2) is 6.29 Å². The fourth-order valence-electron chi connectivity index (χ4n) is 2.65. The summed E-state index contributed by atoms with van der Waals surface area (Å²) in [6.45, 7) is -0.0797. The van der Waals surface area contributed by atoms with Crippen LogP contribution in [-0.4, -0.2) is 23.9 Å². The molecule has 1 amide bonds. The summed E-state index contributed by atoms with van der Waals surface area (Å²) in [7, 11) is 0. The number of rotatable bonds is 2. The molecule has 2 N–H and O–H groups in total. The molecule has 0 spiro atoms. The first-order chi connectivity index (χ1) is 8.63. The van der Waals surface area contributed by atoms with Gasteiger partial charge in [-0.3, -0.25) is 4.79 Å². The third-order valence-corrected chi connectivity index (χ3v) is 4.12. The highest BCUT2D eigenvalue weighted by Crippen LogP contribution is 2.49. The topological polar surface area (TPSA) is 58.6 Å². The Morgan fingerprint density at radius 3 is 2.89 bits per heavy atom. The SMILES string of the molecule is O=C1COC(O)C(c2cccc(Br)c2)(C2CC2)N1. The second kappa shape index (κ2) is 4.33. The molecule has 5 heteroatoms. The summed E-state index contributed by atoms with van der Waals surface area (Å²) in [5, 5.41) is 13.2. The molecule has 0 radical (unpaired) electrons. The molecule has 1 saturated carbocycles. The van der Waals surface area contributed by atoms with Crippen molar-refractivity contribution in [3.05, 3.63) is 34.3 Å². The van der Waals surface area contributed by atoms with E-state index in [4.69, 9.17) is 4.74 Å². The van der Waals surface area contributed by atoms with Crippen LogP contribution in [0.3, 0.4) is 0 Å². The van der Waals surface area contributed by atoms with Crippen molar-refractivity contribution >= 4 is 21.8 Å². The number of benzene rings is 1. The Bertz CT molecular complexity index is 489. The zero-order chi connectivity index (χ0) is 12.8. The minimum Gasteiger partial charge on any atom is -0.366 e. The van der Waals surface area contributed by atoms with Gasteiger partial charge in [0, 0.05) is 4.47 Å². The van der Waals surface area contributed by atoms with Crippen molar-refractivity contribution in [3.63, 3.8) is 0 Å². The van der Waals surface area contributed by atoms with E-state index in [9.17, 15) is 9.90 Å². The van der Waals surface area contributed by atoms with Gasteiger partial charge in [-0.2, -0.15) is 0 Å². The van der Waals surface area contributed by atoms with Crippen molar-refractivity contribution in [2.75, 3.05) is 6.61 Å². The van der Waals surface area contributed by atoms with Gasteiger partial charge >= 0.3 is 0 Å². The number of ether oxygens (including phenoxy) is 1. The standard InChI is InChI=1S/C13H14BrNO3/c14-10-3-1-2-9(6-10)13(8-4-5-8)12(17)18-7-11(16)15-13/h1-3,6,8,12,17H,4-5,7H2,(H,15,16). The van der Waals surface area contributed by atoms with Crippen LogP contribution < -0.4 is 5.32 Å². The van der Waals surface area contributed by atoms with Gasteiger partial charge in [-0.25, -0.2) is 0 Å². The van der Waals surface area contributed by atoms with Crippen LogP contribution in [-0.2, 0) is 15.1 Å². The van der Waals surface area contributed by atoms with E-state index in [2.05, 4.69) is 21.2 Å². The van der Waals surface area contributed by atoms with Gasteiger partial charge in [-0.15, -0.1) is 0 Å². The van der Waals surface area contributed by atoms with Crippen LogP contribution in [0.25, 0.3) is 0 Å². The van der Waals surface area contributed by atoms with Crippen molar-refractivity contribution in [2.45, 2.75) is 24.7 Å². The lowest BCUT2D eigenvalue weighted by atomic mass is 9.83. The maximum Gasteiger partial charge on any atom is 0.247 e. The van der Waals surface area contributed by atoms with E-state index in [-0.39, 0.29) is 18.4 Å². The summed E-state index contributed by atoms with van der Waals surface area (Å²) >= 11 is 3.42. The van der Waals surface area contributed by atoms with Gasteiger partial charge in [0.1, 0.15) is 12.1 Å². The summed E-state index contributed by atoms with van der Waals surface area (Å²) in [5.74, 6) is 0.0678. The van der Waals surface area contributed by atoms with E-state index in [0.717, 1.165) is 22.9 Å². The molecular formula is C13H14BrNO3. The number of nitrogens with one attached hydrogen (secondary N) is 1. The van der Waals surface area contributed by atoms with Crippen molar-refractivity contribution in [2.24, 2.45) is 5.92 Å². The number of amides is 1. The predicted octanol–water partition coefficient (Wildman–Crippen LogP) is 1.52.